The number of aryl methyl sites for hydroxylation is 1. The van der Waals surface area contributed by atoms with Crippen LogP contribution in [0, 0.1) is 5.82 Å². The second kappa shape index (κ2) is 9.55. The molecule has 28 heavy (non-hydrogen) atoms. The summed E-state index contributed by atoms with van der Waals surface area (Å²) in [6.07, 6.45) is 1.62. The number of halogens is 1. The van der Waals surface area contributed by atoms with Gasteiger partial charge in [-0.3, -0.25) is 9.69 Å². The maximum atomic E-state index is 13.7. The first-order valence-corrected chi connectivity index (χ1v) is 9.60. The van der Waals surface area contributed by atoms with Gasteiger partial charge in [-0.05, 0) is 43.1 Å². The minimum atomic E-state index is -0.135. The number of carbonyl (C=O) groups excluding carboxylic acids is 1. The van der Waals surface area contributed by atoms with Crippen LogP contribution in [-0.4, -0.2) is 62.7 Å². The van der Waals surface area contributed by atoms with Crippen molar-refractivity contribution >= 4 is 5.91 Å². The molecule has 1 saturated heterocycles. The van der Waals surface area contributed by atoms with Crippen molar-refractivity contribution in [1.29, 1.82) is 0 Å². The van der Waals surface area contributed by atoms with E-state index in [1.165, 1.54) is 6.07 Å². The third-order valence-electron chi connectivity index (χ3n) is 5.18. The number of carbonyl (C=O) groups is 1. The minimum Gasteiger partial charge on any atom is -0.496 e. The van der Waals surface area contributed by atoms with E-state index in [2.05, 4.69) is 4.90 Å². The van der Waals surface area contributed by atoms with Crippen LogP contribution >= 0.6 is 0 Å². The lowest BCUT2D eigenvalue weighted by Crippen LogP contribution is -2.49. The number of hydrogen-bond acceptors (Lipinski definition) is 4. The van der Waals surface area contributed by atoms with Crippen LogP contribution < -0.4 is 9.47 Å². The van der Waals surface area contributed by atoms with Crippen LogP contribution in [0.25, 0.3) is 0 Å². The molecular weight excluding hydrogens is 359 g/mol. The summed E-state index contributed by atoms with van der Waals surface area (Å²) in [6.45, 7) is 3.81. The SMILES string of the molecule is COc1cccc(OC)c1C(=O)N1CCN(CCCc2ccccc2F)CC1. The number of methoxy groups -OCH3 is 2. The fourth-order valence-corrected chi connectivity index (χ4v) is 3.59. The Morgan fingerprint density at radius 3 is 2.21 bits per heavy atom. The van der Waals surface area contributed by atoms with Gasteiger partial charge < -0.3 is 14.4 Å². The highest BCUT2D eigenvalue weighted by Gasteiger charge is 2.26. The van der Waals surface area contributed by atoms with Gasteiger partial charge in [0.2, 0.25) is 0 Å². The molecule has 0 aliphatic carbocycles. The number of benzene rings is 2. The summed E-state index contributed by atoms with van der Waals surface area (Å²) in [5.41, 5.74) is 1.24. The van der Waals surface area contributed by atoms with E-state index in [4.69, 9.17) is 9.47 Å². The molecule has 2 aromatic rings. The number of hydrogen-bond donors (Lipinski definition) is 0. The normalized spacial score (nSPS) is 14.8. The van der Waals surface area contributed by atoms with E-state index in [0.29, 0.717) is 30.2 Å². The molecule has 150 valence electrons. The highest BCUT2D eigenvalue weighted by molar-refractivity contribution is 5.99. The monoisotopic (exact) mass is 386 g/mol. The molecule has 6 heteroatoms. The van der Waals surface area contributed by atoms with Crippen molar-refractivity contribution in [3.05, 3.63) is 59.4 Å². The Balaban J connectivity index is 1.53. The van der Waals surface area contributed by atoms with Crippen molar-refractivity contribution in [2.75, 3.05) is 46.9 Å². The maximum absolute atomic E-state index is 13.7. The zero-order valence-electron chi connectivity index (χ0n) is 16.5. The van der Waals surface area contributed by atoms with Gasteiger partial charge in [0.25, 0.3) is 5.91 Å². The van der Waals surface area contributed by atoms with Gasteiger partial charge in [-0.2, -0.15) is 0 Å². The Morgan fingerprint density at radius 2 is 1.61 bits per heavy atom. The molecule has 1 fully saturated rings. The van der Waals surface area contributed by atoms with Crippen LogP contribution in [0.3, 0.4) is 0 Å². The second-order valence-corrected chi connectivity index (χ2v) is 6.87. The topological polar surface area (TPSA) is 42.0 Å². The quantitative estimate of drug-likeness (QED) is 0.733. The maximum Gasteiger partial charge on any atom is 0.261 e. The van der Waals surface area contributed by atoms with E-state index in [1.54, 1.807) is 32.4 Å². The van der Waals surface area contributed by atoms with Crippen molar-refractivity contribution in [1.82, 2.24) is 9.80 Å². The fourth-order valence-electron chi connectivity index (χ4n) is 3.59. The predicted molar refractivity (Wildman–Crippen MR) is 107 cm³/mol. The molecule has 0 bridgehead atoms. The molecule has 1 aliphatic rings. The number of ether oxygens (including phenoxy) is 2. The minimum absolute atomic E-state index is 0.0692. The standard InChI is InChI=1S/C22H27FN2O3/c1-27-19-10-5-11-20(28-2)21(19)22(26)25-15-13-24(14-16-25)12-6-8-17-7-3-4-9-18(17)23/h3-5,7,9-11H,6,8,12-16H2,1-2H3. The third-order valence-corrected chi connectivity index (χ3v) is 5.18. The zero-order valence-corrected chi connectivity index (χ0v) is 16.5. The van der Waals surface area contributed by atoms with Crippen LogP contribution in [0.2, 0.25) is 0 Å². The molecule has 3 rings (SSSR count). The van der Waals surface area contributed by atoms with Crippen LogP contribution in [0.15, 0.2) is 42.5 Å². The van der Waals surface area contributed by atoms with Gasteiger partial charge in [0.05, 0.1) is 14.2 Å². The third kappa shape index (κ3) is 4.62. The molecule has 5 nitrogen and oxygen atoms in total. The van der Waals surface area contributed by atoms with E-state index in [1.807, 2.05) is 23.1 Å². The number of nitrogens with zero attached hydrogens (tertiary/aromatic N) is 2. The Kier molecular flexibility index (Phi) is 6.87. The lowest BCUT2D eigenvalue weighted by molar-refractivity contribution is 0.0629. The Labute approximate surface area is 165 Å². The number of piperazine rings is 1. The fraction of sp³-hybridized carbons (Fsp3) is 0.409. The van der Waals surface area contributed by atoms with Crippen LogP contribution in [0.4, 0.5) is 4.39 Å². The average molecular weight is 386 g/mol. The summed E-state index contributed by atoms with van der Waals surface area (Å²) >= 11 is 0. The van der Waals surface area contributed by atoms with Gasteiger partial charge >= 0.3 is 0 Å². The molecular formula is C22H27FN2O3. The van der Waals surface area contributed by atoms with E-state index >= 15 is 0 Å². The molecule has 0 aromatic heterocycles. The van der Waals surface area contributed by atoms with Crippen molar-refractivity contribution in [2.45, 2.75) is 12.8 Å². The first-order valence-electron chi connectivity index (χ1n) is 9.60. The molecule has 1 aliphatic heterocycles. The molecule has 0 radical (unpaired) electrons. The lowest BCUT2D eigenvalue weighted by atomic mass is 10.1. The predicted octanol–water partition coefficient (Wildman–Crippen LogP) is 3.23. The van der Waals surface area contributed by atoms with Crippen LogP contribution in [0.1, 0.15) is 22.3 Å². The van der Waals surface area contributed by atoms with Crippen molar-refractivity contribution in [2.24, 2.45) is 0 Å². The molecule has 0 spiro atoms. The van der Waals surface area contributed by atoms with Crippen molar-refractivity contribution in [3.63, 3.8) is 0 Å². The summed E-state index contributed by atoms with van der Waals surface area (Å²) in [5.74, 6) is 0.845. The highest BCUT2D eigenvalue weighted by atomic mass is 19.1. The molecule has 0 N–H and O–H groups in total. The van der Waals surface area contributed by atoms with E-state index in [0.717, 1.165) is 38.0 Å². The zero-order chi connectivity index (χ0) is 19.9. The summed E-state index contributed by atoms with van der Waals surface area (Å²) in [7, 11) is 3.11. The Morgan fingerprint density at radius 1 is 0.964 bits per heavy atom. The first-order chi connectivity index (χ1) is 13.6. The van der Waals surface area contributed by atoms with Gasteiger partial charge in [-0.15, -0.1) is 0 Å². The van der Waals surface area contributed by atoms with E-state index < -0.39 is 0 Å². The molecule has 0 unspecified atom stereocenters. The molecule has 1 amide bonds. The molecule has 2 aromatic carbocycles. The first kappa shape index (κ1) is 20.1. The van der Waals surface area contributed by atoms with Crippen LogP contribution in [-0.2, 0) is 6.42 Å². The van der Waals surface area contributed by atoms with E-state index in [-0.39, 0.29) is 11.7 Å². The number of amides is 1. The summed E-state index contributed by atoms with van der Waals surface area (Å²) < 4.78 is 24.4. The highest BCUT2D eigenvalue weighted by Crippen LogP contribution is 2.29. The van der Waals surface area contributed by atoms with E-state index in [9.17, 15) is 9.18 Å². The second-order valence-electron chi connectivity index (χ2n) is 6.87. The Hall–Kier alpha value is -2.60. The summed E-state index contributed by atoms with van der Waals surface area (Å²) in [4.78, 5) is 17.2. The Bertz CT molecular complexity index is 782. The summed E-state index contributed by atoms with van der Waals surface area (Å²) in [6, 6.07) is 12.3. The van der Waals surface area contributed by atoms with Gasteiger partial charge in [-0.25, -0.2) is 4.39 Å². The largest absolute Gasteiger partial charge is 0.496 e. The summed E-state index contributed by atoms with van der Waals surface area (Å²) in [5, 5.41) is 0. The average Bonchev–Trinajstić information content (AvgIpc) is 2.74. The van der Waals surface area contributed by atoms with Gasteiger partial charge in [0.15, 0.2) is 0 Å². The molecule has 0 saturated carbocycles. The van der Waals surface area contributed by atoms with Gasteiger partial charge in [0, 0.05) is 26.2 Å². The number of rotatable bonds is 7. The lowest BCUT2D eigenvalue weighted by Gasteiger charge is -2.35. The van der Waals surface area contributed by atoms with Crippen molar-refractivity contribution < 1.29 is 18.7 Å². The van der Waals surface area contributed by atoms with Gasteiger partial charge in [-0.1, -0.05) is 24.3 Å². The van der Waals surface area contributed by atoms with Gasteiger partial charge in [0.1, 0.15) is 22.9 Å². The van der Waals surface area contributed by atoms with Crippen molar-refractivity contribution in [3.8, 4) is 11.5 Å². The smallest absolute Gasteiger partial charge is 0.261 e. The van der Waals surface area contributed by atoms with Crippen LogP contribution in [0.5, 0.6) is 11.5 Å². The molecule has 1 heterocycles. The molecule has 0 atom stereocenters.